The molecular weight excluding hydrogens is 441 g/mol. The predicted octanol–water partition coefficient (Wildman–Crippen LogP) is 5.51. The molecular formula is C26H33F3N4O. The molecule has 0 saturated carbocycles. The Bertz CT molecular complexity index is 930. The summed E-state index contributed by atoms with van der Waals surface area (Å²) in [5.74, 6) is 1.25. The number of anilines is 2. The van der Waals surface area contributed by atoms with Crippen molar-refractivity contribution in [2.24, 2.45) is 5.92 Å². The van der Waals surface area contributed by atoms with Crippen molar-refractivity contribution in [1.82, 2.24) is 9.88 Å². The molecule has 0 radical (unpaired) electrons. The highest BCUT2D eigenvalue weighted by Gasteiger charge is 2.31. The Balaban J connectivity index is 1.15. The maximum atomic E-state index is 12.7. The van der Waals surface area contributed by atoms with E-state index in [1.165, 1.54) is 17.3 Å². The number of halogens is 3. The summed E-state index contributed by atoms with van der Waals surface area (Å²) in [6.45, 7) is 5.52. The summed E-state index contributed by atoms with van der Waals surface area (Å²) in [6.07, 6.45) is 1.77. The molecule has 2 aromatic rings. The number of alkyl halides is 3. The van der Waals surface area contributed by atoms with Crippen molar-refractivity contribution in [1.29, 1.82) is 0 Å². The van der Waals surface area contributed by atoms with Crippen LogP contribution in [0.1, 0.15) is 49.7 Å². The first-order valence-electron chi connectivity index (χ1n) is 12.2. The molecule has 1 aromatic carbocycles. The average molecular weight is 475 g/mol. The van der Waals surface area contributed by atoms with Crippen LogP contribution in [0.15, 0.2) is 42.6 Å². The topological polar surface area (TPSA) is 48.5 Å². The van der Waals surface area contributed by atoms with Crippen LogP contribution in [0.2, 0.25) is 0 Å². The molecule has 2 aliphatic rings. The molecule has 0 spiro atoms. The maximum Gasteiger partial charge on any atom is 0.417 e. The van der Waals surface area contributed by atoms with Gasteiger partial charge in [0.25, 0.3) is 0 Å². The van der Waals surface area contributed by atoms with E-state index >= 15 is 0 Å². The Labute approximate surface area is 199 Å². The molecule has 0 unspecified atom stereocenters. The number of likely N-dealkylation sites (tertiary alicyclic amines) is 1. The van der Waals surface area contributed by atoms with Gasteiger partial charge >= 0.3 is 6.18 Å². The summed E-state index contributed by atoms with van der Waals surface area (Å²) in [4.78, 5) is 21.0. The Morgan fingerprint density at radius 1 is 1.00 bits per heavy atom. The minimum absolute atomic E-state index is 0.111. The molecule has 184 valence electrons. The van der Waals surface area contributed by atoms with E-state index in [9.17, 15) is 18.0 Å². The van der Waals surface area contributed by atoms with E-state index in [1.54, 1.807) is 0 Å². The van der Waals surface area contributed by atoms with Crippen molar-refractivity contribution < 1.29 is 18.0 Å². The first-order valence-corrected chi connectivity index (χ1v) is 12.2. The SMILES string of the molecule is Cc1ccc(N2CCC(CCC(=O)N3CCC(Nc4ccc(C(F)(F)F)cn4)CC3)CC2)cc1. The summed E-state index contributed by atoms with van der Waals surface area (Å²) in [5, 5.41) is 3.20. The second-order valence-electron chi connectivity index (χ2n) is 9.53. The van der Waals surface area contributed by atoms with Crippen LogP contribution >= 0.6 is 0 Å². The first kappa shape index (κ1) is 24.4. The molecule has 0 atom stereocenters. The van der Waals surface area contributed by atoms with Crippen LogP contribution in [0.4, 0.5) is 24.7 Å². The highest BCUT2D eigenvalue weighted by Crippen LogP contribution is 2.29. The van der Waals surface area contributed by atoms with Crippen molar-refractivity contribution >= 4 is 17.4 Å². The molecule has 0 bridgehead atoms. The van der Waals surface area contributed by atoms with E-state index in [-0.39, 0.29) is 11.9 Å². The molecule has 34 heavy (non-hydrogen) atoms. The van der Waals surface area contributed by atoms with Crippen molar-refractivity contribution in [3.63, 3.8) is 0 Å². The number of carbonyl (C=O) groups is 1. The van der Waals surface area contributed by atoms with Crippen molar-refractivity contribution in [2.45, 2.75) is 57.7 Å². The maximum absolute atomic E-state index is 12.7. The van der Waals surface area contributed by atoms with E-state index in [0.717, 1.165) is 57.5 Å². The van der Waals surface area contributed by atoms with Crippen molar-refractivity contribution in [3.8, 4) is 0 Å². The van der Waals surface area contributed by atoms with E-state index in [2.05, 4.69) is 46.4 Å². The molecule has 1 N–H and O–H groups in total. The zero-order valence-electron chi connectivity index (χ0n) is 19.7. The lowest BCUT2D eigenvalue weighted by Gasteiger charge is -2.35. The number of carbonyl (C=O) groups excluding carboxylic acids is 1. The largest absolute Gasteiger partial charge is 0.417 e. The number of aryl methyl sites for hydroxylation is 1. The summed E-state index contributed by atoms with van der Waals surface area (Å²) in [6, 6.07) is 11.2. The molecule has 1 amide bonds. The third kappa shape index (κ3) is 6.42. The Kier molecular flexibility index (Phi) is 7.63. The van der Waals surface area contributed by atoms with E-state index in [0.29, 0.717) is 31.2 Å². The van der Waals surface area contributed by atoms with Crippen LogP contribution in [-0.2, 0) is 11.0 Å². The fourth-order valence-corrected chi connectivity index (χ4v) is 4.85. The number of amides is 1. The van der Waals surface area contributed by atoms with Crippen LogP contribution in [-0.4, -0.2) is 48.0 Å². The summed E-state index contributed by atoms with van der Waals surface area (Å²) < 4.78 is 38.0. The second-order valence-corrected chi connectivity index (χ2v) is 9.53. The van der Waals surface area contributed by atoms with E-state index in [4.69, 9.17) is 0 Å². The van der Waals surface area contributed by atoms with Crippen LogP contribution in [0, 0.1) is 12.8 Å². The normalized spacial score (nSPS) is 18.2. The van der Waals surface area contributed by atoms with Gasteiger partial charge in [-0.1, -0.05) is 17.7 Å². The third-order valence-electron chi connectivity index (χ3n) is 7.07. The van der Waals surface area contributed by atoms with Crippen LogP contribution in [0.25, 0.3) is 0 Å². The molecule has 3 heterocycles. The smallest absolute Gasteiger partial charge is 0.372 e. The lowest BCUT2D eigenvalue weighted by Crippen LogP contribution is -2.42. The Hall–Kier alpha value is -2.77. The number of pyridine rings is 1. The number of hydrogen-bond donors (Lipinski definition) is 1. The summed E-state index contributed by atoms with van der Waals surface area (Å²) in [5.41, 5.74) is 1.80. The molecule has 4 rings (SSSR count). The minimum atomic E-state index is -4.38. The molecule has 0 aliphatic carbocycles. The molecule has 2 aliphatic heterocycles. The van der Waals surface area contributed by atoms with Gasteiger partial charge in [0.2, 0.25) is 5.91 Å². The fraction of sp³-hybridized carbons (Fsp3) is 0.538. The number of nitrogens with zero attached hydrogens (tertiary/aromatic N) is 3. The van der Waals surface area contributed by atoms with Crippen LogP contribution in [0.3, 0.4) is 0 Å². The van der Waals surface area contributed by atoms with Crippen LogP contribution < -0.4 is 10.2 Å². The third-order valence-corrected chi connectivity index (χ3v) is 7.07. The fourth-order valence-electron chi connectivity index (χ4n) is 4.85. The number of piperidine rings is 2. The summed E-state index contributed by atoms with van der Waals surface area (Å²) in [7, 11) is 0. The molecule has 2 fully saturated rings. The Morgan fingerprint density at radius 2 is 1.68 bits per heavy atom. The zero-order chi connectivity index (χ0) is 24.1. The first-order chi connectivity index (χ1) is 16.3. The lowest BCUT2D eigenvalue weighted by atomic mass is 9.91. The monoisotopic (exact) mass is 474 g/mol. The van der Waals surface area contributed by atoms with Gasteiger partial charge < -0.3 is 15.1 Å². The number of aromatic nitrogens is 1. The van der Waals surface area contributed by atoms with Gasteiger partial charge in [-0.15, -0.1) is 0 Å². The van der Waals surface area contributed by atoms with Crippen molar-refractivity contribution in [2.75, 3.05) is 36.4 Å². The van der Waals surface area contributed by atoms with Gasteiger partial charge in [-0.05, 0) is 69.2 Å². The standard InChI is InChI=1S/C26H33F3N4O/c1-19-2-6-23(7-3-19)32-14-10-20(11-15-32)4-9-25(34)33-16-12-22(13-17-33)31-24-8-5-21(18-30-24)26(27,28)29/h2-3,5-8,18,20,22H,4,9-17H2,1H3,(H,30,31). The molecule has 1 aromatic heterocycles. The zero-order valence-corrected chi connectivity index (χ0v) is 19.7. The van der Waals surface area contributed by atoms with Crippen LogP contribution in [0.5, 0.6) is 0 Å². The number of nitrogens with one attached hydrogen (secondary N) is 1. The van der Waals surface area contributed by atoms with Gasteiger partial charge in [0.15, 0.2) is 0 Å². The number of rotatable bonds is 6. The van der Waals surface area contributed by atoms with Gasteiger partial charge in [-0.2, -0.15) is 13.2 Å². The highest BCUT2D eigenvalue weighted by atomic mass is 19.4. The highest BCUT2D eigenvalue weighted by molar-refractivity contribution is 5.76. The lowest BCUT2D eigenvalue weighted by molar-refractivity contribution is -0.137. The number of benzene rings is 1. The molecule has 2 saturated heterocycles. The van der Waals surface area contributed by atoms with Gasteiger partial charge in [-0.25, -0.2) is 4.98 Å². The predicted molar refractivity (Wildman–Crippen MR) is 128 cm³/mol. The van der Waals surface area contributed by atoms with Gasteiger partial charge in [0.05, 0.1) is 5.56 Å². The van der Waals surface area contributed by atoms with Gasteiger partial charge in [0, 0.05) is 50.5 Å². The molecule has 5 nitrogen and oxygen atoms in total. The second kappa shape index (κ2) is 10.7. The van der Waals surface area contributed by atoms with E-state index < -0.39 is 11.7 Å². The Morgan fingerprint density at radius 3 is 2.26 bits per heavy atom. The van der Waals surface area contributed by atoms with Gasteiger partial charge in [-0.3, -0.25) is 4.79 Å². The minimum Gasteiger partial charge on any atom is -0.372 e. The quantitative estimate of drug-likeness (QED) is 0.600. The molecule has 8 heteroatoms. The van der Waals surface area contributed by atoms with Gasteiger partial charge in [0.1, 0.15) is 5.82 Å². The van der Waals surface area contributed by atoms with E-state index in [1.807, 2.05) is 4.90 Å². The van der Waals surface area contributed by atoms with Crippen molar-refractivity contribution in [3.05, 3.63) is 53.7 Å². The average Bonchev–Trinajstić information content (AvgIpc) is 2.84. The number of hydrogen-bond acceptors (Lipinski definition) is 4. The summed E-state index contributed by atoms with van der Waals surface area (Å²) >= 11 is 0.